The Kier molecular flexibility index (Phi) is 4.65. The SMILES string of the molecule is CON(C)C(=O)c1nn(C2CC3(C2)CN(C2CCOCC2)C3)cc1[N+](=O)[O-]. The molecule has 4 rings (SSSR count). The zero-order chi connectivity index (χ0) is 19.2. The smallest absolute Gasteiger partial charge is 0.320 e. The van der Waals surface area contributed by atoms with Gasteiger partial charge in [0.05, 0.1) is 18.1 Å². The van der Waals surface area contributed by atoms with Gasteiger partial charge in [0.15, 0.2) is 0 Å². The van der Waals surface area contributed by atoms with Crippen LogP contribution in [-0.2, 0) is 9.57 Å². The first kappa shape index (κ1) is 18.3. The topological polar surface area (TPSA) is 103 Å². The van der Waals surface area contributed by atoms with Gasteiger partial charge in [-0.3, -0.25) is 29.3 Å². The Labute approximate surface area is 157 Å². The molecule has 3 aliphatic rings. The van der Waals surface area contributed by atoms with Crippen LogP contribution >= 0.6 is 0 Å². The first-order valence-corrected chi connectivity index (χ1v) is 9.30. The van der Waals surface area contributed by atoms with Crippen LogP contribution in [0.5, 0.6) is 0 Å². The van der Waals surface area contributed by atoms with Crippen molar-refractivity contribution >= 4 is 11.6 Å². The van der Waals surface area contributed by atoms with E-state index in [1.807, 2.05) is 0 Å². The second-order valence-corrected chi connectivity index (χ2v) is 7.90. The van der Waals surface area contributed by atoms with Gasteiger partial charge in [-0.2, -0.15) is 5.10 Å². The fraction of sp³-hybridized carbons (Fsp3) is 0.765. The number of hydroxylamine groups is 2. The fourth-order valence-electron chi connectivity index (χ4n) is 4.60. The van der Waals surface area contributed by atoms with Crippen molar-refractivity contribution in [2.75, 3.05) is 40.5 Å². The van der Waals surface area contributed by atoms with Crippen molar-refractivity contribution in [3.05, 3.63) is 22.0 Å². The number of hydrogen-bond donors (Lipinski definition) is 0. The number of rotatable bonds is 5. The maximum atomic E-state index is 12.3. The average molecular weight is 379 g/mol. The van der Waals surface area contributed by atoms with E-state index in [0.29, 0.717) is 11.5 Å². The van der Waals surface area contributed by atoms with Gasteiger partial charge in [0.1, 0.15) is 6.20 Å². The number of carbonyl (C=O) groups excluding carboxylic acids is 1. The van der Waals surface area contributed by atoms with Crippen molar-refractivity contribution in [2.45, 2.75) is 37.8 Å². The number of aromatic nitrogens is 2. The molecule has 10 heteroatoms. The second-order valence-electron chi connectivity index (χ2n) is 7.90. The fourth-order valence-corrected chi connectivity index (χ4v) is 4.60. The first-order chi connectivity index (χ1) is 12.9. The van der Waals surface area contributed by atoms with Crippen LogP contribution in [0.3, 0.4) is 0 Å². The molecule has 148 valence electrons. The number of ether oxygens (including phenoxy) is 1. The molecular formula is C17H25N5O5. The summed E-state index contributed by atoms with van der Waals surface area (Å²) in [6, 6.07) is 0.734. The monoisotopic (exact) mass is 379 g/mol. The molecule has 2 saturated heterocycles. The maximum absolute atomic E-state index is 12.3. The lowest BCUT2D eigenvalue weighted by Crippen LogP contribution is -2.65. The number of carbonyl (C=O) groups is 1. The van der Waals surface area contributed by atoms with Gasteiger partial charge >= 0.3 is 11.6 Å². The third-order valence-electron chi connectivity index (χ3n) is 6.17. The van der Waals surface area contributed by atoms with Crippen molar-refractivity contribution in [1.29, 1.82) is 0 Å². The standard InChI is InChI=1S/C17H25N5O5/c1-19(26-2)16(23)15-14(22(24)25)9-21(18-15)13-7-17(8-13)10-20(11-17)12-3-5-27-6-4-12/h9,12-13H,3-8,10-11H2,1-2H3. The van der Waals surface area contributed by atoms with Crippen LogP contribution in [0.15, 0.2) is 6.20 Å². The molecule has 3 heterocycles. The van der Waals surface area contributed by atoms with Gasteiger partial charge in [0.2, 0.25) is 5.69 Å². The van der Waals surface area contributed by atoms with Crippen molar-refractivity contribution < 1.29 is 19.3 Å². The third kappa shape index (κ3) is 3.21. The van der Waals surface area contributed by atoms with Crippen LogP contribution in [0.4, 0.5) is 5.69 Å². The second kappa shape index (κ2) is 6.84. The summed E-state index contributed by atoms with van der Waals surface area (Å²) in [5, 5.41) is 16.5. The molecule has 0 N–H and O–H groups in total. The van der Waals surface area contributed by atoms with Crippen LogP contribution in [0, 0.1) is 15.5 Å². The summed E-state index contributed by atoms with van der Waals surface area (Å²) in [5.74, 6) is -0.619. The predicted molar refractivity (Wildman–Crippen MR) is 94.1 cm³/mol. The van der Waals surface area contributed by atoms with Crippen LogP contribution in [-0.4, -0.2) is 77.1 Å². The third-order valence-corrected chi connectivity index (χ3v) is 6.17. The molecule has 1 spiro atoms. The summed E-state index contributed by atoms with van der Waals surface area (Å²) in [7, 11) is 2.74. The minimum atomic E-state index is -0.619. The maximum Gasteiger partial charge on any atom is 0.320 e. The summed E-state index contributed by atoms with van der Waals surface area (Å²) in [5.41, 5.74) is -0.151. The zero-order valence-electron chi connectivity index (χ0n) is 15.7. The Bertz CT molecular complexity index is 730. The zero-order valence-corrected chi connectivity index (χ0v) is 15.7. The van der Waals surface area contributed by atoms with E-state index in [2.05, 4.69) is 10.00 Å². The Morgan fingerprint density at radius 2 is 2.04 bits per heavy atom. The van der Waals surface area contributed by atoms with Crippen molar-refractivity contribution in [2.24, 2.45) is 5.41 Å². The molecule has 10 nitrogen and oxygen atoms in total. The molecule has 27 heavy (non-hydrogen) atoms. The molecular weight excluding hydrogens is 354 g/mol. The van der Waals surface area contributed by atoms with E-state index in [4.69, 9.17) is 9.57 Å². The Balaban J connectivity index is 1.40. The van der Waals surface area contributed by atoms with E-state index in [9.17, 15) is 14.9 Å². The molecule has 3 fully saturated rings. The minimum absolute atomic E-state index is 0.106. The summed E-state index contributed by atoms with van der Waals surface area (Å²) in [4.78, 5) is 30.4. The predicted octanol–water partition coefficient (Wildman–Crippen LogP) is 1.24. The molecule has 1 aromatic heterocycles. The normalized spacial score (nSPS) is 23.0. The summed E-state index contributed by atoms with van der Waals surface area (Å²) >= 11 is 0. The van der Waals surface area contributed by atoms with Gasteiger partial charge < -0.3 is 4.74 Å². The largest absolute Gasteiger partial charge is 0.381 e. The van der Waals surface area contributed by atoms with Crippen molar-refractivity contribution in [3.8, 4) is 0 Å². The number of amides is 1. The summed E-state index contributed by atoms with van der Waals surface area (Å²) in [6.45, 7) is 3.85. The molecule has 2 aliphatic heterocycles. The molecule has 0 bridgehead atoms. The minimum Gasteiger partial charge on any atom is -0.381 e. The van der Waals surface area contributed by atoms with Gasteiger partial charge in [0, 0.05) is 39.4 Å². The number of nitrogens with zero attached hydrogens (tertiary/aromatic N) is 5. The van der Waals surface area contributed by atoms with Crippen LogP contribution in [0.1, 0.15) is 42.2 Å². The number of nitro groups is 1. The van der Waals surface area contributed by atoms with Crippen LogP contribution in [0.25, 0.3) is 0 Å². The van der Waals surface area contributed by atoms with Gasteiger partial charge in [0.25, 0.3) is 0 Å². The van der Waals surface area contributed by atoms with Crippen molar-refractivity contribution in [3.63, 3.8) is 0 Å². The molecule has 0 aromatic carbocycles. The number of likely N-dealkylation sites (tertiary alicyclic amines) is 1. The van der Waals surface area contributed by atoms with Gasteiger partial charge in [-0.15, -0.1) is 0 Å². The molecule has 0 atom stereocenters. The van der Waals surface area contributed by atoms with Gasteiger partial charge in [-0.25, -0.2) is 5.06 Å². The lowest BCUT2D eigenvalue weighted by atomic mass is 9.60. The number of hydrogen-bond acceptors (Lipinski definition) is 7. The average Bonchev–Trinajstić information content (AvgIpc) is 3.04. The molecule has 1 amide bonds. The molecule has 0 radical (unpaired) electrons. The van der Waals surface area contributed by atoms with E-state index in [-0.39, 0.29) is 17.4 Å². The van der Waals surface area contributed by atoms with Crippen molar-refractivity contribution in [1.82, 2.24) is 19.7 Å². The highest BCUT2D eigenvalue weighted by molar-refractivity contribution is 5.95. The quantitative estimate of drug-likeness (QED) is 0.560. The summed E-state index contributed by atoms with van der Waals surface area (Å²) < 4.78 is 7.02. The highest BCUT2D eigenvalue weighted by Crippen LogP contribution is 2.55. The lowest BCUT2D eigenvalue weighted by Gasteiger charge is -2.61. The van der Waals surface area contributed by atoms with E-state index < -0.39 is 10.8 Å². The molecule has 1 saturated carbocycles. The summed E-state index contributed by atoms with van der Waals surface area (Å²) in [6.07, 6.45) is 5.47. The first-order valence-electron chi connectivity index (χ1n) is 9.30. The Morgan fingerprint density at radius 3 is 2.63 bits per heavy atom. The van der Waals surface area contributed by atoms with E-state index in [1.165, 1.54) is 20.4 Å². The molecule has 0 unspecified atom stereocenters. The molecule has 1 aliphatic carbocycles. The van der Waals surface area contributed by atoms with E-state index >= 15 is 0 Å². The Morgan fingerprint density at radius 1 is 1.37 bits per heavy atom. The molecule has 1 aromatic rings. The lowest BCUT2D eigenvalue weighted by molar-refractivity contribution is -0.385. The van der Waals surface area contributed by atoms with Crippen LogP contribution in [0.2, 0.25) is 0 Å². The highest BCUT2D eigenvalue weighted by Gasteiger charge is 2.54. The van der Waals surface area contributed by atoms with E-state index in [1.54, 1.807) is 4.68 Å². The highest BCUT2D eigenvalue weighted by atomic mass is 16.7. The van der Waals surface area contributed by atoms with Gasteiger partial charge in [-0.1, -0.05) is 0 Å². The van der Waals surface area contributed by atoms with Crippen LogP contribution < -0.4 is 0 Å². The van der Waals surface area contributed by atoms with E-state index in [0.717, 1.165) is 57.0 Å². The van der Waals surface area contributed by atoms with Gasteiger partial charge in [-0.05, 0) is 31.1 Å². The Hall–Kier alpha value is -2.04.